The van der Waals surface area contributed by atoms with Crippen molar-refractivity contribution in [3.63, 3.8) is 0 Å². The van der Waals surface area contributed by atoms with E-state index in [1.54, 1.807) is 0 Å². The normalized spacial score (nSPS) is 42.1. The molecule has 20 heavy (non-hydrogen) atoms. The van der Waals surface area contributed by atoms with Gasteiger partial charge >= 0.3 is 0 Å². The molecule has 3 heteroatoms. The van der Waals surface area contributed by atoms with Crippen LogP contribution in [0.15, 0.2) is 18.2 Å². The molecular weight excluding hydrogens is 291 g/mol. The fourth-order valence-corrected chi connectivity index (χ4v) is 5.84. The summed E-state index contributed by atoms with van der Waals surface area (Å²) < 4.78 is 0. The van der Waals surface area contributed by atoms with Crippen molar-refractivity contribution < 1.29 is 5.11 Å². The summed E-state index contributed by atoms with van der Waals surface area (Å²) in [4.78, 5) is 0. The number of fused-ring (bicyclic) bond motifs is 5. The molecule has 1 aromatic carbocycles. The molecule has 2 bridgehead atoms. The SMILES string of the molecule is OC1(Cc2cccc(Cl)c2Cl)CC2CC1C1CCCC21. The Morgan fingerprint density at radius 1 is 1.20 bits per heavy atom. The zero-order chi connectivity index (χ0) is 13.9. The van der Waals surface area contributed by atoms with E-state index in [0.717, 1.165) is 29.7 Å². The van der Waals surface area contributed by atoms with E-state index in [9.17, 15) is 5.11 Å². The third-order valence-corrected chi connectivity index (χ3v) is 7.00. The second-order valence-electron chi connectivity index (χ2n) is 7.06. The van der Waals surface area contributed by atoms with E-state index in [1.807, 2.05) is 18.2 Å². The van der Waals surface area contributed by atoms with Gasteiger partial charge in [-0.25, -0.2) is 0 Å². The van der Waals surface area contributed by atoms with Gasteiger partial charge in [-0.15, -0.1) is 0 Å². The van der Waals surface area contributed by atoms with Gasteiger partial charge in [0, 0.05) is 6.42 Å². The van der Waals surface area contributed by atoms with Crippen molar-refractivity contribution in [3.8, 4) is 0 Å². The second kappa shape index (κ2) is 4.63. The molecule has 0 amide bonds. The number of halogens is 2. The van der Waals surface area contributed by atoms with Gasteiger partial charge in [-0.05, 0) is 61.0 Å². The second-order valence-corrected chi connectivity index (χ2v) is 7.84. The van der Waals surface area contributed by atoms with Crippen molar-refractivity contribution in [2.24, 2.45) is 23.7 Å². The summed E-state index contributed by atoms with van der Waals surface area (Å²) in [5.41, 5.74) is 0.452. The Bertz CT molecular complexity index is 544. The molecule has 1 aromatic rings. The first kappa shape index (κ1) is 13.4. The van der Waals surface area contributed by atoms with Gasteiger partial charge in [0.1, 0.15) is 0 Å². The average Bonchev–Trinajstić information content (AvgIpc) is 3.05. The highest BCUT2D eigenvalue weighted by molar-refractivity contribution is 6.42. The maximum absolute atomic E-state index is 11.2. The van der Waals surface area contributed by atoms with Gasteiger partial charge in [0.2, 0.25) is 0 Å². The van der Waals surface area contributed by atoms with Crippen molar-refractivity contribution in [2.45, 2.75) is 44.1 Å². The molecule has 1 nitrogen and oxygen atoms in total. The minimum atomic E-state index is -0.551. The molecule has 0 aromatic heterocycles. The van der Waals surface area contributed by atoms with E-state index >= 15 is 0 Å². The molecule has 3 saturated carbocycles. The average molecular weight is 311 g/mol. The number of rotatable bonds is 2. The first-order chi connectivity index (χ1) is 9.58. The van der Waals surface area contributed by atoms with Crippen LogP contribution in [0.3, 0.4) is 0 Å². The van der Waals surface area contributed by atoms with Crippen LogP contribution < -0.4 is 0 Å². The molecule has 4 rings (SSSR count). The van der Waals surface area contributed by atoms with Crippen LogP contribution in [-0.4, -0.2) is 10.7 Å². The number of benzene rings is 1. The molecule has 0 heterocycles. The lowest BCUT2D eigenvalue weighted by Crippen LogP contribution is -2.43. The minimum absolute atomic E-state index is 0.482. The van der Waals surface area contributed by atoms with Gasteiger partial charge in [-0.1, -0.05) is 41.8 Å². The van der Waals surface area contributed by atoms with Crippen LogP contribution in [0.2, 0.25) is 10.0 Å². The van der Waals surface area contributed by atoms with Gasteiger partial charge in [-0.2, -0.15) is 0 Å². The van der Waals surface area contributed by atoms with Gasteiger partial charge in [-0.3, -0.25) is 0 Å². The van der Waals surface area contributed by atoms with E-state index < -0.39 is 5.60 Å². The first-order valence-corrected chi connectivity index (χ1v) is 8.49. The Morgan fingerprint density at radius 3 is 2.85 bits per heavy atom. The molecule has 0 saturated heterocycles. The predicted octanol–water partition coefficient (Wildman–Crippen LogP) is 4.72. The maximum Gasteiger partial charge on any atom is 0.0722 e. The van der Waals surface area contributed by atoms with Gasteiger partial charge in [0.15, 0.2) is 0 Å². The van der Waals surface area contributed by atoms with E-state index in [1.165, 1.54) is 25.7 Å². The highest BCUT2D eigenvalue weighted by atomic mass is 35.5. The monoisotopic (exact) mass is 310 g/mol. The lowest BCUT2D eigenvalue weighted by atomic mass is 9.71. The summed E-state index contributed by atoms with van der Waals surface area (Å²) in [5, 5.41) is 12.4. The predicted molar refractivity (Wildman–Crippen MR) is 82.2 cm³/mol. The molecule has 1 N–H and O–H groups in total. The molecule has 5 unspecified atom stereocenters. The third-order valence-electron chi connectivity index (χ3n) is 6.14. The van der Waals surface area contributed by atoms with E-state index in [0.29, 0.717) is 22.4 Å². The molecule has 0 aliphatic heterocycles. The maximum atomic E-state index is 11.2. The van der Waals surface area contributed by atoms with Gasteiger partial charge in [0.05, 0.1) is 15.6 Å². The molecule has 5 atom stereocenters. The molecule has 0 radical (unpaired) electrons. The highest BCUT2D eigenvalue weighted by Crippen LogP contribution is 2.63. The zero-order valence-corrected chi connectivity index (χ0v) is 13.0. The largest absolute Gasteiger partial charge is 0.389 e. The van der Waals surface area contributed by atoms with Crippen LogP contribution in [0, 0.1) is 23.7 Å². The van der Waals surface area contributed by atoms with Crippen LogP contribution in [0.25, 0.3) is 0 Å². The van der Waals surface area contributed by atoms with E-state index in [2.05, 4.69) is 0 Å². The van der Waals surface area contributed by atoms with Crippen LogP contribution in [0.5, 0.6) is 0 Å². The quantitative estimate of drug-likeness (QED) is 0.837. The highest BCUT2D eigenvalue weighted by Gasteiger charge is 2.60. The Hall–Kier alpha value is -0.240. The van der Waals surface area contributed by atoms with Crippen molar-refractivity contribution in [3.05, 3.63) is 33.8 Å². The van der Waals surface area contributed by atoms with E-state index in [4.69, 9.17) is 23.2 Å². The van der Waals surface area contributed by atoms with E-state index in [-0.39, 0.29) is 0 Å². The van der Waals surface area contributed by atoms with Crippen LogP contribution in [0.1, 0.15) is 37.7 Å². The summed E-state index contributed by atoms with van der Waals surface area (Å²) in [7, 11) is 0. The molecule has 108 valence electrons. The summed E-state index contributed by atoms with van der Waals surface area (Å²) >= 11 is 12.4. The zero-order valence-electron chi connectivity index (χ0n) is 11.5. The minimum Gasteiger partial charge on any atom is -0.389 e. The van der Waals surface area contributed by atoms with Crippen molar-refractivity contribution in [1.29, 1.82) is 0 Å². The van der Waals surface area contributed by atoms with Gasteiger partial charge < -0.3 is 5.11 Å². The molecule has 3 fully saturated rings. The van der Waals surface area contributed by atoms with Crippen molar-refractivity contribution >= 4 is 23.2 Å². The number of hydrogen-bond donors (Lipinski definition) is 1. The molecule has 3 aliphatic carbocycles. The van der Waals surface area contributed by atoms with Crippen LogP contribution in [-0.2, 0) is 6.42 Å². The molecular formula is C17H20Cl2O. The Kier molecular flexibility index (Phi) is 3.11. The first-order valence-electron chi connectivity index (χ1n) is 7.74. The summed E-state index contributed by atoms with van der Waals surface area (Å²) in [6.45, 7) is 0. The molecule has 3 aliphatic rings. The topological polar surface area (TPSA) is 20.2 Å². The fraction of sp³-hybridized carbons (Fsp3) is 0.647. The molecule has 0 spiro atoms. The Balaban J connectivity index is 1.61. The summed E-state index contributed by atoms with van der Waals surface area (Å²) in [6, 6.07) is 5.74. The van der Waals surface area contributed by atoms with Crippen LogP contribution in [0.4, 0.5) is 0 Å². The lowest BCUT2D eigenvalue weighted by molar-refractivity contribution is -0.0450. The summed E-state index contributed by atoms with van der Waals surface area (Å²) in [6.07, 6.45) is 6.91. The summed E-state index contributed by atoms with van der Waals surface area (Å²) in [5.74, 6) is 2.89. The lowest BCUT2D eigenvalue weighted by Gasteiger charge is -2.39. The third kappa shape index (κ3) is 1.86. The van der Waals surface area contributed by atoms with Crippen LogP contribution >= 0.6 is 23.2 Å². The number of aliphatic hydroxyl groups is 1. The Morgan fingerprint density at radius 2 is 2.00 bits per heavy atom. The fourth-order valence-electron chi connectivity index (χ4n) is 5.45. The number of hydrogen-bond acceptors (Lipinski definition) is 1. The Labute approximate surface area is 130 Å². The van der Waals surface area contributed by atoms with Crippen molar-refractivity contribution in [1.82, 2.24) is 0 Å². The smallest absolute Gasteiger partial charge is 0.0722 e. The van der Waals surface area contributed by atoms with Gasteiger partial charge in [0.25, 0.3) is 0 Å². The standard InChI is InChI=1S/C17H20Cl2O/c18-15-6-1-3-10(16(15)19)8-17(20)9-11-7-14(17)13-5-2-4-12(11)13/h1,3,6,11-14,20H,2,4-5,7-9H2. The van der Waals surface area contributed by atoms with Crippen molar-refractivity contribution in [2.75, 3.05) is 0 Å².